The lowest BCUT2D eigenvalue weighted by molar-refractivity contribution is 0.00882. The second kappa shape index (κ2) is 6.04. The molecule has 0 aromatic rings. The minimum atomic E-state index is -0.401. The standard InChI is InChI=1S/C15H26N2O/c1-12-4-3-5-14(10-12)18-9-8-15(2,11-16)17-13-6-7-13/h12-14,17H,3-10H2,1-2H3. The monoisotopic (exact) mass is 250 g/mol. The Labute approximate surface area is 111 Å². The van der Waals surface area contributed by atoms with E-state index in [1.165, 1.54) is 38.5 Å². The fourth-order valence-corrected chi connectivity index (χ4v) is 2.80. The second-order valence-corrected chi connectivity index (χ2v) is 6.38. The molecule has 0 heterocycles. The summed E-state index contributed by atoms with van der Waals surface area (Å²) in [4.78, 5) is 0. The molecule has 2 rings (SSSR count). The summed E-state index contributed by atoms with van der Waals surface area (Å²) >= 11 is 0. The Morgan fingerprint density at radius 3 is 2.72 bits per heavy atom. The van der Waals surface area contributed by atoms with Crippen molar-refractivity contribution in [2.75, 3.05) is 6.61 Å². The lowest BCUT2D eigenvalue weighted by Gasteiger charge is -2.29. The molecule has 3 unspecified atom stereocenters. The van der Waals surface area contributed by atoms with Gasteiger partial charge in [0.25, 0.3) is 0 Å². The van der Waals surface area contributed by atoms with Crippen LogP contribution in [-0.2, 0) is 4.74 Å². The summed E-state index contributed by atoms with van der Waals surface area (Å²) in [5.74, 6) is 0.802. The van der Waals surface area contributed by atoms with Crippen molar-refractivity contribution in [1.82, 2.24) is 5.32 Å². The normalized spacial score (nSPS) is 31.6. The van der Waals surface area contributed by atoms with Crippen molar-refractivity contribution in [3.63, 3.8) is 0 Å². The molecular weight excluding hydrogens is 224 g/mol. The van der Waals surface area contributed by atoms with Crippen molar-refractivity contribution in [1.29, 1.82) is 5.26 Å². The quantitative estimate of drug-likeness (QED) is 0.788. The Kier molecular flexibility index (Phi) is 4.64. The maximum atomic E-state index is 9.27. The first-order chi connectivity index (χ1) is 8.61. The molecule has 102 valence electrons. The molecule has 1 N–H and O–H groups in total. The van der Waals surface area contributed by atoms with Crippen molar-refractivity contribution in [2.24, 2.45) is 5.92 Å². The summed E-state index contributed by atoms with van der Waals surface area (Å²) in [7, 11) is 0. The van der Waals surface area contributed by atoms with E-state index in [9.17, 15) is 5.26 Å². The molecule has 0 amide bonds. The number of nitriles is 1. The van der Waals surface area contributed by atoms with E-state index in [1.807, 2.05) is 6.92 Å². The first kappa shape index (κ1) is 13.8. The molecule has 2 aliphatic rings. The van der Waals surface area contributed by atoms with Gasteiger partial charge >= 0.3 is 0 Å². The molecule has 0 aromatic heterocycles. The summed E-state index contributed by atoms with van der Waals surface area (Å²) in [6.07, 6.45) is 8.70. The van der Waals surface area contributed by atoms with Crippen LogP contribution in [0.25, 0.3) is 0 Å². The average Bonchev–Trinajstić information content (AvgIpc) is 3.13. The van der Waals surface area contributed by atoms with Crippen LogP contribution in [0.2, 0.25) is 0 Å². The third kappa shape index (κ3) is 4.26. The van der Waals surface area contributed by atoms with Crippen LogP contribution < -0.4 is 5.32 Å². The maximum absolute atomic E-state index is 9.27. The fraction of sp³-hybridized carbons (Fsp3) is 0.933. The number of hydrogen-bond donors (Lipinski definition) is 1. The summed E-state index contributed by atoms with van der Waals surface area (Å²) in [6, 6.07) is 2.98. The highest BCUT2D eigenvalue weighted by Crippen LogP contribution is 2.27. The fourth-order valence-electron chi connectivity index (χ4n) is 2.80. The zero-order chi connectivity index (χ0) is 13.0. The van der Waals surface area contributed by atoms with Crippen LogP contribution in [0.5, 0.6) is 0 Å². The maximum Gasteiger partial charge on any atom is 0.106 e. The van der Waals surface area contributed by atoms with Gasteiger partial charge in [-0.15, -0.1) is 0 Å². The van der Waals surface area contributed by atoms with Crippen molar-refractivity contribution in [3.05, 3.63) is 0 Å². The smallest absolute Gasteiger partial charge is 0.106 e. The molecule has 2 fully saturated rings. The predicted molar refractivity (Wildman–Crippen MR) is 72.2 cm³/mol. The van der Waals surface area contributed by atoms with Gasteiger partial charge in [0, 0.05) is 19.1 Å². The molecule has 18 heavy (non-hydrogen) atoms. The predicted octanol–water partition coefficient (Wildman–Crippen LogP) is 3.01. The number of hydrogen-bond acceptors (Lipinski definition) is 3. The minimum absolute atomic E-state index is 0.401. The van der Waals surface area contributed by atoms with Crippen molar-refractivity contribution < 1.29 is 4.74 Å². The van der Waals surface area contributed by atoms with Gasteiger partial charge in [0.2, 0.25) is 0 Å². The molecule has 2 aliphatic carbocycles. The zero-order valence-electron chi connectivity index (χ0n) is 11.7. The van der Waals surface area contributed by atoms with Crippen LogP contribution in [-0.4, -0.2) is 24.3 Å². The zero-order valence-corrected chi connectivity index (χ0v) is 11.7. The third-order valence-electron chi connectivity index (χ3n) is 4.19. The molecule has 3 nitrogen and oxygen atoms in total. The molecule has 3 heteroatoms. The Hall–Kier alpha value is -0.590. The van der Waals surface area contributed by atoms with Gasteiger partial charge in [0.15, 0.2) is 0 Å². The van der Waals surface area contributed by atoms with E-state index in [4.69, 9.17) is 4.74 Å². The van der Waals surface area contributed by atoms with E-state index in [2.05, 4.69) is 18.3 Å². The summed E-state index contributed by atoms with van der Waals surface area (Å²) in [5, 5.41) is 12.7. The van der Waals surface area contributed by atoms with Gasteiger partial charge in [-0.3, -0.25) is 5.32 Å². The Morgan fingerprint density at radius 2 is 2.11 bits per heavy atom. The van der Waals surface area contributed by atoms with E-state index in [0.717, 1.165) is 12.3 Å². The molecule has 0 bridgehead atoms. The molecule has 0 aromatic carbocycles. The Balaban J connectivity index is 1.68. The van der Waals surface area contributed by atoms with Crippen LogP contribution in [0, 0.1) is 17.2 Å². The van der Waals surface area contributed by atoms with E-state index in [1.54, 1.807) is 0 Å². The van der Waals surface area contributed by atoms with Crippen LogP contribution in [0.3, 0.4) is 0 Å². The van der Waals surface area contributed by atoms with Crippen LogP contribution in [0.15, 0.2) is 0 Å². The highest BCUT2D eigenvalue weighted by molar-refractivity contribution is 5.07. The number of ether oxygens (including phenoxy) is 1. The van der Waals surface area contributed by atoms with Crippen molar-refractivity contribution in [3.8, 4) is 6.07 Å². The Bertz CT molecular complexity index is 308. The lowest BCUT2D eigenvalue weighted by atomic mass is 9.88. The number of rotatable bonds is 6. The third-order valence-corrected chi connectivity index (χ3v) is 4.19. The van der Waals surface area contributed by atoms with Gasteiger partial charge in [0.05, 0.1) is 12.2 Å². The average molecular weight is 250 g/mol. The van der Waals surface area contributed by atoms with Gasteiger partial charge in [-0.05, 0) is 38.5 Å². The molecule has 2 saturated carbocycles. The first-order valence-electron chi connectivity index (χ1n) is 7.42. The summed E-state index contributed by atoms with van der Waals surface area (Å²) in [5.41, 5.74) is -0.401. The van der Waals surface area contributed by atoms with Crippen molar-refractivity contribution in [2.45, 2.75) is 76.5 Å². The largest absolute Gasteiger partial charge is 0.378 e. The first-order valence-corrected chi connectivity index (χ1v) is 7.42. The van der Waals surface area contributed by atoms with Crippen LogP contribution >= 0.6 is 0 Å². The SMILES string of the molecule is CC1CCCC(OCCC(C)(C#N)NC2CC2)C1. The number of nitrogens with one attached hydrogen (secondary N) is 1. The molecule has 0 radical (unpaired) electrons. The van der Waals surface area contributed by atoms with E-state index in [-0.39, 0.29) is 0 Å². The number of nitrogens with zero attached hydrogens (tertiary/aromatic N) is 1. The van der Waals surface area contributed by atoms with E-state index < -0.39 is 5.54 Å². The summed E-state index contributed by atoms with van der Waals surface area (Å²) in [6.45, 7) is 5.02. The molecule has 3 atom stereocenters. The topological polar surface area (TPSA) is 45.0 Å². The van der Waals surface area contributed by atoms with Gasteiger partial charge < -0.3 is 4.74 Å². The van der Waals surface area contributed by atoms with Gasteiger partial charge in [-0.25, -0.2) is 0 Å². The lowest BCUT2D eigenvalue weighted by Crippen LogP contribution is -2.43. The molecule has 0 spiro atoms. The van der Waals surface area contributed by atoms with Gasteiger partial charge in [-0.1, -0.05) is 19.8 Å². The molecule has 0 saturated heterocycles. The van der Waals surface area contributed by atoms with Gasteiger partial charge in [0.1, 0.15) is 5.54 Å². The molecular formula is C15H26N2O. The Morgan fingerprint density at radius 1 is 1.33 bits per heavy atom. The molecule has 0 aliphatic heterocycles. The van der Waals surface area contributed by atoms with Gasteiger partial charge in [-0.2, -0.15) is 5.26 Å². The van der Waals surface area contributed by atoms with Crippen LogP contribution in [0.4, 0.5) is 0 Å². The van der Waals surface area contributed by atoms with Crippen LogP contribution in [0.1, 0.15) is 58.8 Å². The van der Waals surface area contributed by atoms with Crippen molar-refractivity contribution >= 4 is 0 Å². The second-order valence-electron chi connectivity index (χ2n) is 6.38. The minimum Gasteiger partial charge on any atom is -0.378 e. The highest BCUT2D eigenvalue weighted by atomic mass is 16.5. The van der Waals surface area contributed by atoms with E-state index >= 15 is 0 Å². The van der Waals surface area contributed by atoms with E-state index in [0.29, 0.717) is 18.8 Å². The highest BCUT2D eigenvalue weighted by Gasteiger charge is 2.32. The summed E-state index contributed by atoms with van der Waals surface area (Å²) < 4.78 is 5.96.